The van der Waals surface area contributed by atoms with Crippen LogP contribution in [0.2, 0.25) is 0 Å². The summed E-state index contributed by atoms with van der Waals surface area (Å²) in [5.74, 6) is -0.579. The second-order valence-corrected chi connectivity index (χ2v) is 7.13. The number of nitrogens with zero attached hydrogens (tertiary/aromatic N) is 6. The number of rotatable bonds is 10. The predicted molar refractivity (Wildman–Crippen MR) is 119 cm³/mol. The van der Waals surface area contributed by atoms with Crippen molar-refractivity contribution in [2.24, 2.45) is 0 Å². The molecule has 0 fully saturated rings. The molecular weight excluding hydrogens is 408 g/mol. The van der Waals surface area contributed by atoms with Crippen LogP contribution in [0.3, 0.4) is 0 Å². The van der Waals surface area contributed by atoms with Crippen molar-refractivity contribution in [3.8, 4) is 0 Å². The fourth-order valence-electron chi connectivity index (χ4n) is 3.13. The first-order valence-corrected chi connectivity index (χ1v) is 10.1. The van der Waals surface area contributed by atoms with Crippen LogP contribution in [-0.2, 0) is 13.1 Å². The first-order valence-electron chi connectivity index (χ1n) is 10.1. The number of amides is 2. The third-order valence-electron chi connectivity index (χ3n) is 4.97. The average Bonchev–Trinajstić information content (AvgIpc) is 3.34. The van der Waals surface area contributed by atoms with Crippen molar-refractivity contribution in [2.45, 2.75) is 26.9 Å². The highest BCUT2D eigenvalue weighted by Gasteiger charge is 2.18. The van der Waals surface area contributed by atoms with Gasteiger partial charge in [-0.05, 0) is 25.0 Å². The van der Waals surface area contributed by atoms with E-state index in [2.05, 4.69) is 44.4 Å². The summed E-state index contributed by atoms with van der Waals surface area (Å²) in [6, 6.07) is 7.84. The Hall–Kier alpha value is -4.08. The molecule has 2 heterocycles. The van der Waals surface area contributed by atoms with Gasteiger partial charge >= 0.3 is 0 Å². The second kappa shape index (κ2) is 10.3. The van der Waals surface area contributed by atoms with Crippen LogP contribution < -0.4 is 10.6 Å². The van der Waals surface area contributed by atoms with Gasteiger partial charge in [-0.25, -0.2) is 9.36 Å². The summed E-state index contributed by atoms with van der Waals surface area (Å²) in [4.78, 5) is 24.5. The first-order chi connectivity index (χ1) is 15.5. The highest BCUT2D eigenvalue weighted by atomic mass is 16.2. The number of hydrogen-bond donors (Lipinski definition) is 2. The summed E-state index contributed by atoms with van der Waals surface area (Å²) in [7, 11) is 0. The van der Waals surface area contributed by atoms with Gasteiger partial charge in [-0.3, -0.25) is 9.59 Å². The van der Waals surface area contributed by atoms with E-state index < -0.39 is 0 Å². The zero-order chi connectivity index (χ0) is 23.1. The van der Waals surface area contributed by atoms with Gasteiger partial charge in [-0.2, -0.15) is 0 Å². The van der Waals surface area contributed by atoms with Crippen molar-refractivity contribution >= 4 is 11.8 Å². The van der Waals surface area contributed by atoms with Crippen molar-refractivity contribution in [3.63, 3.8) is 0 Å². The molecule has 32 heavy (non-hydrogen) atoms. The Balaban J connectivity index is 1.80. The topological polar surface area (TPSA) is 120 Å². The van der Waals surface area contributed by atoms with Crippen molar-refractivity contribution < 1.29 is 9.59 Å². The lowest BCUT2D eigenvalue weighted by Gasteiger charge is -2.11. The van der Waals surface area contributed by atoms with E-state index in [1.165, 1.54) is 0 Å². The molecule has 0 aliphatic heterocycles. The smallest absolute Gasteiger partial charge is 0.273 e. The van der Waals surface area contributed by atoms with E-state index in [-0.39, 0.29) is 23.2 Å². The van der Waals surface area contributed by atoms with Crippen LogP contribution in [0.1, 0.15) is 43.5 Å². The number of hydrogen-bond acceptors (Lipinski definition) is 6. The number of benzene rings is 1. The maximum atomic E-state index is 12.2. The minimum Gasteiger partial charge on any atom is -0.347 e. The zero-order valence-electron chi connectivity index (χ0n) is 18.2. The van der Waals surface area contributed by atoms with Crippen LogP contribution in [0, 0.1) is 13.8 Å². The molecule has 0 aliphatic carbocycles. The number of nitrogens with one attached hydrogen (secondary N) is 2. The Labute approximate surface area is 186 Å². The minimum absolute atomic E-state index is 0.284. The Morgan fingerprint density at radius 1 is 0.844 bits per heavy atom. The summed E-state index contributed by atoms with van der Waals surface area (Å²) >= 11 is 0. The highest BCUT2D eigenvalue weighted by molar-refractivity contribution is 5.93. The molecule has 166 valence electrons. The largest absolute Gasteiger partial charge is 0.347 e. The van der Waals surface area contributed by atoms with Crippen LogP contribution in [0.25, 0.3) is 0 Å². The van der Waals surface area contributed by atoms with Crippen molar-refractivity contribution in [3.05, 3.63) is 83.5 Å². The summed E-state index contributed by atoms with van der Waals surface area (Å²) in [5.41, 5.74) is 3.88. The normalized spacial score (nSPS) is 10.6. The molecule has 2 aromatic heterocycles. The van der Waals surface area contributed by atoms with Gasteiger partial charge in [0, 0.05) is 13.1 Å². The predicted octanol–water partition coefficient (Wildman–Crippen LogP) is 1.41. The maximum Gasteiger partial charge on any atom is 0.273 e. The summed E-state index contributed by atoms with van der Waals surface area (Å²) in [6.45, 7) is 12.4. The van der Waals surface area contributed by atoms with Crippen LogP contribution in [-0.4, -0.2) is 54.9 Å². The van der Waals surface area contributed by atoms with E-state index >= 15 is 0 Å². The van der Waals surface area contributed by atoms with E-state index in [0.717, 1.165) is 11.1 Å². The van der Waals surface area contributed by atoms with Gasteiger partial charge in [-0.1, -0.05) is 46.8 Å². The van der Waals surface area contributed by atoms with Crippen LogP contribution in [0.15, 0.2) is 49.6 Å². The monoisotopic (exact) mass is 434 g/mol. The number of aromatic nitrogens is 6. The van der Waals surface area contributed by atoms with Gasteiger partial charge in [-0.15, -0.1) is 23.4 Å². The molecule has 2 N–H and O–H groups in total. The van der Waals surface area contributed by atoms with E-state index in [9.17, 15) is 9.59 Å². The molecule has 3 rings (SSSR count). The molecule has 0 saturated carbocycles. The van der Waals surface area contributed by atoms with Crippen LogP contribution in [0.4, 0.5) is 0 Å². The Kier molecular flexibility index (Phi) is 7.27. The number of carbonyl (C=O) groups is 2. The van der Waals surface area contributed by atoms with Crippen molar-refractivity contribution in [1.82, 2.24) is 40.6 Å². The summed E-state index contributed by atoms with van der Waals surface area (Å²) in [6.07, 6.45) is 3.21. The quantitative estimate of drug-likeness (QED) is 0.466. The van der Waals surface area contributed by atoms with Crippen LogP contribution in [0.5, 0.6) is 0 Å². The van der Waals surface area contributed by atoms with Crippen molar-refractivity contribution in [2.75, 3.05) is 13.1 Å². The summed E-state index contributed by atoms with van der Waals surface area (Å²) in [5, 5.41) is 21.8. The van der Waals surface area contributed by atoms with Crippen molar-refractivity contribution in [1.29, 1.82) is 0 Å². The van der Waals surface area contributed by atoms with E-state index in [0.29, 0.717) is 37.6 Å². The number of carbonyl (C=O) groups excluding carboxylic acids is 2. The molecule has 0 saturated heterocycles. The second-order valence-electron chi connectivity index (χ2n) is 7.13. The van der Waals surface area contributed by atoms with E-state index in [1.54, 1.807) is 35.4 Å². The fourth-order valence-corrected chi connectivity index (χ4v) is 3.13. The molecule has 0 radical (unpaired) electrons. The third-order valence-corrected chi connectivity index (χ3v) is 4.97. The average molecular weight is 435 g/mol. The Morgan fingerprint density at radius 3 is 1.62 bits per heavy atom. The van der Waals surface area contributed by atoms with Gasteiger partial charge in [0.25, 0.3) is 11.8 Å². The molecule has 1 aromatic carbocycles. The van der Waals surface area contributed by atoms with Gasteiger partial charge < -0.3 is 10.6 Å². The molecule has 0 aliphatic rings. The Bertz CT molecular complexity index is 1060. The lowest BCUT2D eigenvalue weighted by molar-refractivity contribution is 0.0944. The maximum absolute atomic E-state index is 12.2. The molecule has 2 amide bonds. The fraction of sp³-hybridized carbons (Fsp3) is 0.273. The lowest BCUT2D eigenvalue weighted by Crippen LogP contribution is -2.24. The molecule has 0 spiro atoms. The molecule has 0 bridgehead atoms. The zero-order valence-corrected chi connectivity index (χ0v) is 18.2. The van der Waals surface area contributed by atoms with Gasteiger partial charge in [0.2, 0.25) is 0 Å². The van der Waals surface area contributed by atoms with Crippen LogP contribution >= 0.6 is 0 Å². The third kappa shape index (κ3) is 4.97. The molecule has 0 unspecified atom stereocenters. The van der Waals surface area contributed by atoms with Gasteiger partial charge in [0.05, 0.1) is 24.5 Å². The molecule has 3 aromatic rings. The molecule has 0 atom stereocenters. The summed E-state index contributed by atoms with van der Waals surface area (Å²) < 4.78 is 3.37. The van der Waals surface area contributed by atoms with Gasteiger partial charge in [0.1, 0.15) is 0 Å². The lowest BCUT2D eigenvalue weighted by atomic mass is 10.1. The highest BCUT2D eigenvalue weighted by Crippen LogP contribution is 2.15. The van der Waals surface area contributed by atoms with Gasteiger partial charge in [0.15, 0.2) is 11.4 Å². The Morgan fingerprint density at radius 2 is 1.25 bits per heavy atom. The molecule has 10 heteroatoms. The first kappa shape index (κ1) is 22.6. The molecule has 10 nitrogen and oxygen atoms in total. The standard InChI is InChI=1S/C22H26N8O2/c1-5-11-23-21(31)19-15(3)29(27-25-19)13-17-9-7-8-10-18(17)14-30-16(4)20(26-28-30)22(32)24-12-6-2/h5-10H,1-2,11-14H2,3-4H3,(H,23,31)(H,24,32). The van der Waals surface area contributed by atoms with E-state index in [4.69, 9.17) is 0 Å². The molecular formula is C22H26N8O2. The SMILES string of the molecule is C=CCNC(=O)c1nnn(Cc2ccccc2Cn2nnc(C(=O)NCC=C)c2C)c1C. The van der Waals surface area contributed by atoms with E-state index in [1.807, 2.05) is 24.3 Å². The minimum atomic E-state index is -0.289.